The van der Waals surface area contributed by atoms with Gasteiger partial charge in [0.1, 0.15) is 5.69 Å². The van der Waals surface area contributed by atoms with E-state index in [1.165, 1.54) is 7.05 Å². The molecule has 0 radical (unpaired) electrons. The zero-order valence-electron chi connectivity index (χ0n) is 24.3. The van der Waals surface area contributed by atoms with Crippen molar-refractivity contribution in [2.24, 2.45) is 5.92 Å². The Bertz CT molecular complexity index is 1130. The van der Waals surface area contributed by atoms with Crippen LogP contribution in [0.25, 0.3) is 10.9 Å². The molecule has 2 aromatic rings. The molecule has 2 atom stereocenters. The van der Waals surface area contributed by atoms with Gasteiger partial charge in [-0.2, -0.15) is 5.26 Å². The molecule has 2 amide bonds. The molecule has 0 unspecified atom stereocenters. The Balaban J connectivity index is 1.79. The lowest BCUT2D eigenvalue weighted by Crippen LogP contribution is -2.48. The van der Waals surface area contributed by atoms with Gasteiger partial charge in [-0.1, -0.05) is 72.6 Å². The van der Waals surface area contributed by atoms with Gasteiger partial charge in [0, 0.05) is 37.1 Å². The van der Waals surface area contributed by atoms with Crippen molar-refractivity contribution in [3.8, 4) is 6.19 Å². The molecule has 1 N–H and O–H groups in total. The lowest BCUT2D eigenvalue weighted by molar-refractivity contribution is -0.133. The number of nitriles is 1. The molecule has 3 rings (SSSR count). The lowest BCUT2D eigenvalue weighted by Gasteiger charge is -2.42. The summed E-state index contributed by atoms with van der Waals surface area (Å²) in [6.45, 7) is 15.1. The monoisotopic (exact) mass is 538 g/mol. The molecule has 0 aliphatic heterocycles. The SMILES string of the molecule is CC(C)[Si](OCCCn1c(C(=O)N[C@H]2CCCC[C@H]2C(=O)N(C)C#N)cc2ccccc21)(C(C)C)C(C)C. The second-order valence-electron chi connectivity index (χ2n) is 11.7. The first kappa shape index (κ1) is 29.9. The number of aromatic nitrogens is 1. The summed E-state index contributed by atoms with van der Waals surface area (Å²) in [5.74, 6) is -0.755. The summed E-state index contributed by atoms with van der Waals surface area (Å²) in [7, 11) is -0.455. The van der Waals surface area contributed by atoms with Crippen LogP contribution < -0.4 is 5.32 Å². The van der Waals surface area contributed by atoms with Crippen LogP contribution in [0.1, 0.15) is 84.1 Å². The zero-order valence-corrected chi connectivity index (χ0v) is 25.3. The molecule has 38 heavy (non-hydrogen) atoms. The molecule has 1 aliphatic carbocycles. The van der Waals surface area contributed by atoms with Gasteiger partial charge >= 0.3 is 0 Å². The van der Waals surface area contributed by atoms with Gasteiger partial charge in [0.25, 0.3) is 5.91 Å². The summed E-state index contributed by atoms with van der Waals surface area (Å²) >= 11 is 0. The van der Waals surface area contributed by atoms with Crippen molar-refractivity contribution in [3.63, 3.8) is 0 Å². The number of para-hydroxylation sites is 1. The van der Waals surface area contributed by atoms with E-state index in [0.717, 1.165) is 41.5 Å². The highest BCUT2D eigenvalue weighted by atomic mass is 28.4. The predicted molar refractivity (Wildman–Crippen MR) is 155 cm³/mol. The van der Waals surface area contributed by atoms with Crippen molar-refractivity contribution >= 4 is 31.0 Å². The summed E-state index contributed by atoms with van der Waals surface area (Å²) in [4.78, 5) is 27.5. The minimum absolute atomic E-state index is 0.165. The van der Waals surface area contributed by atoms with Crippen LogP contribution >= 0.6 is 0 Å². The number of nitrogens with zero attached hydrogens (tertiary/aromatic N) is 3. The number of carbonyl (C=O) groups is 2. The maximum atomic E-state index is 13.6. The average Bonchev–Trinajstić information content (AvgIpc) is 3.26. The quantitative estimate of drug-likeness (QED) is 0.154. The Morgan fingerprint density at radius 3 is 2.37 bits per heavy atom. The van der Waals surface area contributed by atoms with Crippen LogP contribution in [0.2, 0.25) is 16.6 Å². The Morgan fingerprint density at radius 2 is 1.74 bits per heavy atom. The van der Waals surface area contributed by atoms with E-state index in [1.54, 1.807) is 0 Å². The summed E-state index contributed by atoms with van der Waals surface area (Å²) in [5, 5.41) is 13.4. The third kappa shape index (κ3) is 6.15. The lowest BCUT2D eigenvalue weighted by atomic mass is 9.83. The van der Waals surface area contributed by atoms with Crippen LogP contribution in [-0.2, 0) is 15.8 Å². The number of aryl methyl sites for hydroxylation is 1. The van der Waals surface area contributed by atoms with E-state index in [0.29, 0.717) is 41.9 Å². The van der Waals surface area contributed by atoms with Gasteiger partial charge < -0.3 is 14.3 Å². The summed E-state index contributed by atoms with van der Waals surface area (Å²) in [6, 6.07) is 9.74. The van der Waals surface area contributed by atoms with Gasteiger partial charge in [0.05, 0.1) is 5.92 Å². The van der Waals surface area contributed by atoms with E-state index in [1.807, 2.05) is 30.5 Å². The molecule has 7 nitrogen and oxygen atoms in total. The molecule has 8 heteroatoms. The van der Waals surface area contributed by atoms with Crippen molar-refractivity contribution in [2.75, 3.05) is 13.7 Å². The fraction of sp³-hybridized carbons (Fsp3) is 0.633. The Labute approximate surface area is 229 Å². The van der Waals surface area contributed by atoms with Crippen LogP contribution in [0.5, 0.6) is 0 Å². The zero-order chi connectivity index (χ0) is 28.0. The second kappa shape index (κ2) is 12.9. The van der Waals surface area contributed by atoms with Gasteiger partial charge in [0.2, 0.25) is 5.91 Å². The number of hydrogen-bond acceptors (Lipinski definition) is 4. The van der Waals surface area contributed by atoms with Gasteiger partial charge in [-0.3, -0.25) is 14.5 Å². The van der Waals surface area contributed by atoms with E-state index >= 15 is 0 Å². The van der Waals surface area contributed by atoms with Crippen LogP contribution in [0.4, 0.5) is 0 Å². The number of rotatable bonds is 11. The molecule has 1 aliphatic rings. The van der Waals surface area contributed by atoms with E-state index in [-0.39, 0.29) is 23.8 Å². The van der Waals surface area contributed by atoms with E-state index in [4.69, 9.17) is 4.43 Å². The minimum Gasteiger partial charge on any atom is -0.416 e. The third-order valence-corrected chi connectivity index (χ3v) is 14.6. The number of fused-ring (bicyclic) bond motifs is 1. The van der Waals surface area contributed by atoms with Crippen LogP contribution in [-0.4, -0.2) is 49.3 Å². The van der Waals surface area contributed by atoms with E-state index in [2.05, 4.69) is 57.5 Å². The first-order valence-electron chi connectivity index (χ1n) is 14.2. The highest BCUT2D eigenvalue weighted by Gasteiger charge is 2.44. The Hall–Kier alpha value is -2.63. The topological polar surface area (TPSA) is 87.4 Å². The average molecular weight is 539 g/mol. The van der Waals surface area contributed by atoms with Crippen LogP contribution in [0, 0.1) is 17.4 Å². The van der Waals surface area contributed by atoms with E-state index < -0.39 is 8.32 Å². The van der Waals surface area contributed by atoms with Crippen LogP contribution in [0.15, 0.2) is 30.3 Å². The highest BCUT2D eigenvalue weighted by Crippen LogP contribution is 2.42. The molecule has 1 aromatic heterocycles. The molecule has 1 saturated carbocycles. The number of amides is 2. The van der Waals surface area contributed by atoms with Gasteiger partial charge in [0.15, 0.2) is 14.5 Å². The number of benzene rings is 1. The normalized spacial score (nSPS) is 18.2. The molecular weight excluding hydrogens is 492 g/mol. The summed E-state index contributed by atoms with van der Waals surface area (Å²) < 4.78 is 8.87. The molecule has 1 aromatic carbocycles. The molecule has 0 spiro atoms. The minimum atomic E-state index is -1.95. The summed E-state index contributed by atoms with van der Waals surface area (Å²) in [6.07, 6.45) is 6.03. The first-order valence-corrected chi connectivity index (χ1v) is 16.4. The predicted octanol–water partition coefficient (Wildman–Crippen LogP) is 6.45. The molecule has 0 bridgehead atoms. The Kier molecular flexibility index (Phi) is 10.2. The highest BCUT2D eigenvalue weighted by molar-refractivity contribution is 6.77. The summed E-state index contributed by atoms with van der Waals surface area (Å²) in [5.41, 5.74) is 3.22. The third-order valence-electron chi connectivity index (χ3n) is 8.51. The molecule has 1 heterocycles. The van der Waals surface area contributed by atoms with Crippen molar-refractivity contribution in [1.82, 2.24) is 14.8 Å². The number of hydrogen-bond donors (Lipinski definition) is 1. The molecule has 0 saturated heterocycles. The van der Waals surface area contributed by atoms with Crippen molar-refractivity contribution in [3.05, 3.63) is 36.0 Å². The number of carbonyl (C=O) groups excluding carboxylic acids is 2. The van der Waals surface area contributed by atoms with Gasteiger partial charge in [-0.05, 0) is 48.0 Å². The van der Waals surface area contributed by atoms with E-state index in [9.17, 15) is 14.9 Å². The Morgan fingerprint density at radius 1 is 1.11 bits per heavy atom. The van der Waals surface area contributed by atoms with Crippen molar-refractivity contribution in [2.45, 2.75) is 103 Å². The first-order chi connectivity index (χ1) is 18.0. The fourth-order valence-corrected chi connectivity index (χ4v) is 12.2. The smallest absolute Gasteiger partial charge is 0.268 e. The van der Waals surface area contributed by atoms with Crippen LogP contribution in [0.3, 0.4) is 0 Å². The second-order valence-corrected chi connectivity index (χ2v) is 17.2. The maximum Gasteiger partial charge on any atom is 0.268 e. The van der Waals surface area contributed by atoms with Crippen molar-refractivity contribution < 1.29 is 14.0 Å². The number of nitrogens with one attached hydrogen (secondary N) is 1. The standard InChI is InChI=1S/C30H46N4O3Si/c1-21(2)38(22(3)4,23(5)6)37-18-12-17-34-27-16-11-8-13-24(27)19-28(34)29(35)32-26-15-10-9-14-25(26)30(36)33(7)20-31/h8,11,13,16,19,21-23,25-26H,9-10,12,14-15,17-18H2,1-7H3,(H,32,35)/t25-,26+/m1/s1. The van der Waals surface area contributed by atoms with Gasteiger partial charge in [-0.25, -0.2) is 0 Å². The fourth-order valence-electron chi connectivity index (χ4n) is 6.75. The largest absolute Gasteiger partial charge is 0.416 e. The molecular formula is C30H46N4O3Si. The molecule has 1 fully saturated rings. The van der Waals surface area contributed by atoms with Gasteiger partial charge in [-0.15, -0.1) is 0 Å². The maximum absolute atomic E-state index is 13.6. The van der Waals surface area contributed by atoms with Crippen molar-refractivity contribution in [1.29, 1.82) is 5.26 Å². The molecule has 208 valence electrons.